The number of nitrogens with one attached hydrogen (secondary N) is 1. The Kier molecular flexibility index (Phi) is 9.58. The largest absolute Gasteiger partial charge is 0.377 e. The second-order valence-corrected chi connectivity index (χ2v) is 10.6. The zero-order valence-corrected chi connectivity index (χ0v) is 23.2. The van der Waals surface area contributed by atoms with Gasteiger partial charge in [0, 0.05) is 39.0 Å². The van der Waals surface area contributed by atoms with Crippen LogP contribution < -0.4 is 14.9 Å². The monoisotopic (exact) mass is 521 g/mol. The Labute approximate surface area is 225 Å². The minimum absolute atomic E-state index is 0.260. The highest BCUT2D eigenvalue weighted by atomic mass is 16.7. The number of carbonyl (C=O) groups excluding carboxylic acids is 1. The fourth-order valence-corrected chi connectivity index (χ4v) is 4.81. The lowest BCUT2D eigenvalue weighted by molar-refractivity contribution is -0.874. The van der Waals surface area contributed by atoms with E-state index in [0.717, 1.165) is 74.5 Å². The molecule has 0 saturated heterocycles. The van der Waals surface area contributed by atoms with E-state index in [-0.39, 0.29) is 11.6 Å². The van der Waals surface area contributed by atoms with E-state index in [2.05, 4.69) is 46.2 Å². The lowest BCUT2D eigenvalue weighted by Gasteiger charge is -2.31. The third-order valence-electron chi connectivity index (χ3n) is 7.11. The molecule has 0 unspecified atom stereocenters. The molecule has 0 aromatic carbocycles. The molecule has 0 spiro atoms. The van der Waals surface area contributed by atoms with Crippen LogP contribution in [0.2, 0.25) is 0 Å². The standard InChI is InChI=1S/C29H41N6O3/c1-22-25-12-8-17-31-28(25)32-21-35(22)38-26(36)13-9-19-34(20-29(2,3)37-4)18-6-5-11-24-15-14-23-10-7-16-30-27(23)33-24/h8,12,14-15,17,21H,5-7,9-11,13,16,18-20H2,1-4H3,(H,30,33)/q+1. The van der Waals surface area contributed by atoms with Gasteiger partial charge >= 0.3 is 12.3 Å². The van der Waals surface area contributed by atoms with Gasteiger partial charge in [0.05, 0.1) is 17.4 Å². The number of rotatable bonds is 13. The summed E-state index contributed by atoms with van der Waals surface area (Å²) in [6.07, 6.45) is 9.62. The first-order valence-corrected chi connectivity index (χ1v) is 13.7. The van der Waals surface area contributed by atoms with Crippen LogP contribution in [0.15, 0.2) is 36.8 Å². The van der Waals surface area contributed by atoms with Gasteiger partial charge in [-0.25, -0.2) is 14.8 Å². The van der Waals surface area contributed by atoms with Crippen molar-refractivity contribution >= 4 is 22.8 Å². The molecule has 0 radical (unpaired) electrons. The molecule has 0 amide bonds. The molecule has 3 aromatic rings. The first kappa shape index (κ1) is 27.9. The molecule has 1 aliphatic heterocycles. The molecule has 9 nitrogen and oxygen atoms in total. The summed E-state index contributed by atoms with van der Waals surface area (Å²) in [7, 11) is 1.75. The maximum absolute atomic E-state index is 12.6. The average Bonchev–Trinajstić information content (AvgIpc) is 2.92. The van der Waals surface area contributed by atoms with Crippen LogP contribution in [-0.4, -0.2) is 64.7 Å². The van der Waals surface area contributed by atoms with Crippen LogP contribution >= 0.6 is 0 Å². The number of fused-ring (bicyclic) bond motifs is 2. The molecule has 1 aliphatic rings. The second-order valence-electron chi connectivity index (χ2n) is 10.6. The summed E-state index contributed by atoms with van der Waals surface area (Å²) >= 11 is 0. The van der Waals surface area contributed by atoms with Crippen molar-refractivity contribution in [2.45, 2.75) is 71.3 Å². The summed E-state index contributed by atoms with van der Waals surface area (Å²) in [6, 6.07) is 8.16. The summed E-state index contributed by atoms with van der Waals surface area (Å²) < 4.78 is 7.12. The van der Waals surface area contributed by atoms with Gasteiger partial charge < -0.3 is 15.0 Å². The number of aromatic nitrogens is 4. The second kappa shape index (κ2) is 13.1. The number of carbonyl (C=O) groups is 1. The van der Waals surface area contributed by atoms with E-state index in [4.69, 9.17) is 14.6 Å². The highest BCUT2D eigenvalue weighted by Crippen LogP contribution is 2.20. The Bertz CT molecular complexity index is 1230. The molecule has 4 heterocycles. The topological polar surface area (TPSA) is 93.3 Å². The van der Waals surface area contributed by atoms with Gasteiger partial charge in [-0.15, -0.1) is 0 Å². The number of nitrogens with zero attached hydrogens (tertiary/aromatic N) is 5. The Morgan fingerprint density at radius 3 is 2.84 bits per heavy atom. The first-order valence-electron chi connectivity index (χ1n) is 13.7. The van der Waals surface area contributed by atoms with Gasteiger partial charge in [0.2, 0.25) is 0 Å². The van der Waals surface area contributed by atoms with E-state index < -0.39 is 0 Å². The minimum atomic E-state index is -0.277. The number of unbranched alkanes of at least 4 members (excludes halogenated alkanes) is 1. The fraction of sp³-hybridized carbons (Fsp3) is 0.552. The van der Waals surface area contributed by atoms with Crippen molar-refractivity contribution < 1.29 is 19.1 Å². The van der Waals surface area contributed by atoms with E-state index in [0.29, 0.717) is 18.5 Å². The van der Waals surface area contributed by atoms with E-state index in [1.807, 2.05) is 19.1 Å². The molecular formula is C29H41N6O3+. The van der Waals surface area contributed by atoms with Gasteiger partial charge in [-0.3, -0.25) is 4.84 Å². The van der Waals surface area contributed by atoms with Crippen LogP contribution in [0.3, 0.4) is 0 Å². The van der Waals surface area contributed by atoms with Crippen molar-refractivity contribution in [2.75, 3.05) is 38.6 Å². The number of hydrogen-bond acceptors (Lipinski definition) is 8. The van der Waals surface area contributed by atoms with Crippen LogP contribution in [-0.2, 0) is 22.4 Å². The van der Waals surface area contributed by atoms with E-state index in [1.165, 1.54) is 23.0 Å². The lowest BCUT2D eigenvalue weighted by atomic mass is 10.1. The predicted octanol–water partition coefficient (Wildman–Crippen LogP) is 3.46. The van der Waals surface area contributed by atoms with E-state index in [1.54, 1.807) is 13.3 Å². The first-order chi connectivity index (χ1) is 18.3. The number of anilines is 1. The Morgan fingerprint density at radius 2 is 2.00 bits per heavy atom. The third kappa shape index (κ3) is 7.68. The maximum atomic E-state index is 12.6. The highest BCUT2D eigenvalue weighted by Gasteiger charge is 2.22. The van der Waals surface area contributed by atoms with Crippen LogP contribution in [0.4, 0.5) is 5.82 Å². The molecule has 204 valence electrons. The summed E-state index contributed by atoms with van der Waals surface area (Å²) in [5.74, 6) is 0.787. The summed E-state index contributed by atoms with van der Waals surface area (Å²) in [6.45, 7) is 9.64. The molecule has 1 N–H and O–H groups in total. The normalized spacial score (nSPS) is 13.4. The van der Waals surface area contributed by atoms with E-state index in [9.17, 15) is 4.79 Å². The lowest BCUT2D eigenvalue weighted by Crippen LogP contribution is -2.48. The molecule has 0 aliphatic carbocycles. The number of pyridine rings is 2. The Balaban J connectivity index is 1.25. The zero-order chi connectivity index (χ0) is 27.0. The molecule has 0 atom stereocenters. The van der Waals surface area contributed by atoms with Gasteiger partial charge in [-0.05, 0) is 98.9 Å². The molecule has 0 bridgehead atoms. The molecular weight excluding hydrogens is 480 g/mol. The zero-order valence-electron chi connectivity index (χ0n) is 23.2. The summed E-state index contributed by atoms with van der Waals surface area (Å²) in [4.78, 5) is 33.9. The third-order valence-corrected chi connectivity index (χ3v) is 7.11. The van der Waals surface area contributed by atoms with Gasteiger partial charge in [-0.2, -0.15) is 0 Å². The predicted molar refractivity (Wildman–Crippen MR) is 147 cm³/mol. The number of aryl methyl sites for hydroxylation is 3. The van der Waals surface area contributed by atoms with E-state index >= 15 is 0 Å². The molecule has 0 saturated carbocycles. The van der Waals surface area contributed by atoms with Crippen molar-refractivity contribution in [3.63, 3.8) is 0 Å². The van der Waals surface area contributed by atoms with Crippen molar-refractivity contribution in [2.24, 2.45) is 0 Å². The maximum Gasteiger partial charge on any atom is 0.358 e. The highest BCUT2D eigenvalue weighted by molar-refractivity contribution is 5.75. The number of methoxy groups -OCH3 is 1. The molecule has 4 rings (SSSR count). The van der Waals surface area contributed by atoms with Crippen molar-refractivity contribution in [1.82, 2.24) is 19.9 Å². The molecule has 3 aromatic heterocycles. The minimum Gasteiger partial charge on any atom is -0.377 e. The van der Waals surface area contributed by atoms with Crippen molar-refractivity contribution in [3.8, 4) is 0 Å². The summed E-state index contributed by atoms with van der Waals surface area (Å²) in [5, 5.41) is 4.28. The quantitative estimate of drug-likeness (QED) is 0.270. The van der Waals surface area contributed by atoms with Gasteiger partial charge in [0.1, 0.15) is 5.82 Å². The van der Waals surface area contributed by atoms with Crippen LogP contribution in [0.5, 0.6) is 0 Å². The Hall–Kier alpha value is -3.17. The fourth-order valence-electron chi connectivity index (χ4n) is 4.81. The van der Waals surface area contributed by atoms with Crippen LogP contribution in [0.25, 0.3) is 11.0 Å². The van der Waals surface area contributed by atoms with Crippen LogP contribution in [0, 0.1) is 6.92 Å². The van der Waals surface area contributed by atoms with Gasteiger partial charge in [-0.1, -0.05) is 6.07 Å². The van der Waals surface area contributed by atoms with Crippen molar-refractivity contribution in [3.05, 3.63) is 53.7 Å². The number of ether oxygens (including phenoxy) is 1. The van der Waals surface area contributed by atoms with Crippen LogP contribution in [0.1, 0.15) is 62.9 Å². The Morgan fingerprint density at radius 1 is 1.16 bits per heavy atom. The average molecular weight is 522 g/mol. The van der Waals surface area contributed by atoms with Gasteiger partial charge in [0.15, 0.2) is 5.69 Å². The summed E-state index contributed by atoms with van der Waals surface area (Å²) in [5.41, 5.74) is 3.64. The molecule has 9 heteroatoms. The number of hydrogen-bond donors (Lipinski definition) is 1. The smallest absolute Gasteiger partial charge is 0.358 e. The molecule has 38 heavy (non-hydrogen) atoms. The SMILES string of the molecule is COC(C)(C)CN(CCCCc1ccc2c(n1)NCCC2)CCCC(=O)O[n+]1cnc2ncccc2c1C. The van der Waals surface area contributed by atoms with Gasteiger partial charge in [0.25, 0.3) is 5.65 Å². The van der Waals surface area contributed by atoms with Crippen molar-refractivity contribution in [1.29, 1.82) is 0 Å². The molecule has 0 fully saturated rings.